The number of hydrogen-bond acceptors (Lipinski definition) is 2. The average Bonchev–Trinajstić information content (AvgIpc) is 3.48. The Morgan fingerprint density at radius 3 is 1.60 bits per heavy atom. The third-order valence-electron chi connectivity index (χ3n) is 11.8. The van der Waals surface area contributed by atoms with Crippen LogP contribution in [0.25, 0.3) is 99.2 Å². The van der Waals surface area contributed by atoms with Gasteiger partial charge in [0.05, 0.1) is 11.4 Å². The predicted molar refractivity (Wildman–Crippen MR) is 231 cm³/mol. The topological polar surface area (TPSA) is 25.8 Å². The molecule has 258 valence electrons. The van der Waals surface area contributed by atoms with Crippen molar-refractivity contribution in [3.05, 3.63) is 193 Å². The monoisotopic (exact) mass is 700 g/mol. The van der Waals surface area contributed by atoms with Gasteiger partial charge in [-0.2, -0.15) is 0 Å². The van der Waals surface area contributed by atoms with E-state index in [-0.39, 0.29) is 5.41 Å². The molecule has 0 bridgehead atoms. The van der Waals surface area contributed by atoms with E-state index in [1.54, 1.807) is 0 Å². The van der Waals surface area contributed by atoms with Crippen molar-refractivity contribution in [1.82, 2.24) is 9.97 Å². The lowest BCUT2D eigenvalue weighted by molar-refractivity contribution is 0.661. The van der Waals surface area contributed by atoms with Crippen molar-refractivity contribution in [1.29, 1.82) is 0 Å². The average molecular weight is 701 g/mol. The van der Waals surface area contributed by atoms with Gasteiger partial charge in [-0.15, -0.1) is 0 Å². The Labute approximate surface area is 320 Å². The molecule has 55 heavy (non-hydrogen) atoms. The van der Waals surface area contributed by atoms with Gasteiger partial charge in [0, 0.05) is 22.1 Å². The van der Waals surface area contributed by atoms with Gasteiger partial charge in [0.15, 0.2) is 5.82 Å². The second-order valence-electron chi connectivity index (χ2n) is 15.4. The third-order valence-corrected chi connectivity index (χ3v) is 11.8. The minimum atomic E-state index is -0.105. The van der Waals surface area contributed by atoms with E-state index in [0.717, 1.165) is 28.1 Å². The summed E-state index contributed by atoms with van der Waals surface area (Å²) in [5, 5.41) is 10.1. The SMILES string of the molecule is CC1(C)c2cc3ccccc3cc2-c2c(-c3cccc(-c4cc(-c5ccc6c7ccccc7c7ccccc7c6c5)nc(-c5ccccc5)n4)c3)cccc21. The molecule has 0 atom stereocenters. The summed E-state index contributed by atoms with van der Waals surface area (Å²) in [4.78, 5) is 10.5. The molecule has 0 aliphatic heterocycles. The van der Waals surface area contributed by atoms with Gasteiger partial charge in [-0.1, -0.05) is 166 Å². The molecule has 0 unspecified atom stereocenters. The Morgan fingerprint density at radius 2 is 0.891 bits per heavy atom. The van der Waals surface area contributed by atoms with E-state index in [1.807, 2.05) is 6.07 Å². The van der Waals surface area contributed by atoms with E-state index in [0.29, 0.717) is 5.82 Å². The van der Waals surface area contributed by atoms with Crippen LogP contribution in [-0.2, 0) is 5.41 Å². The van der Waals surface area contributed by atoms with Crippen molar-refractivity contribution in [2.75, 3.05) is 0 Å². The van der Waals surface area contributed by atoms with Gasteiger partial charge in [0.1, 0.15) is 0 Å². The first kappa shape index (κ1) is 31.6. The van der Waals surface area contributed by atoms with E-state index in [9.17, 15) is 0 Å². The maximum Gasteiger partial charge on any atom is 0.160 e. The Balaban J connectivity index is 1.09. The molecule has 1 aliphatic rings. The van der Waals surface area contributed by atoms with Crippen LogP contribution in [0.5, 0.6) is 0 Å². The highest BCUT2D eigenvalue weighted by atomic mass is 14.9. The molecule has 9 aromatic carbocycles. The summed E-state index contributed by atoms with van der Waals surface area (Å²) in [6, 6.07) is 66.0. The highest BCUT2D eigenvalue weighted by molar-refractivity contribution is 6.25. The van der Waals surface area contributed by atoms with Gasteiger partial charge < -0.3 is 0 Å². The molecule has 1 aromatic heterocycles. The number of nitrogens with zero attached hydrogens (tertiary/aromatic N) is 2. The fourth-order valence-corrected chi connectivity index (χ4v) is 9.09. The summed E-state index contributed by atoms with van der Waals surface area (Å²) in [6.07, 6.45) is 0. The summed E-state index contributed by atoms with van der Waals surface area (Å²) in [6.45, 7) is 4.72. The minimum absolute atomic E-state index is 0.105. The zero-order valence-electron chi connectivity index (χ0n) is 30.7. The molecule has 0 spiro atoms. The Bertz CT molecular complexity index is 3140. The van der Waals surface area contributed by atoms with Gasteiger partial charge in [-0.25, -0.2) is 9.97 Å². The van der Waals surface area contributed by atoms with Crippen LogP contribution in [0.3, 0.4) is 0 Å². The molecule has 0 amide bonds. The number of benzene rings is 9. The van der Waals surface area contributed by atoms with E-state index in [2.05, 4.69) is 190 Å². The number of fused-ring (bicyclic) bond motifs is 10. The quantitative estimate of drug-likeness (QED) is 0.171. The first-order valence-electron chi connectivity index (χ1n) is 19.1. The summed E-state index contributed by atoms with van der Waals surface area (Å²) in [5.41, 5.74) is 12.6. The van der Waals surface area contributed by atoms with Crippen molar-refractivity contribution in [3.8, 4) is 56.2 Å². The summed E-state index contributed by atoms with van der Waals surface area (Å²) >= 11 is 0. The van der Waals surface area contributed by atoms with Gasteiger partial charge >= 0.3 is 0 Å². The minimum Gasteiger partial charge on any atom is -0.228 e. The maximum atomic E-state index is 5.24. The lowest BCUT2D eigenvalue weighted by Crippen LogP contribution is -2.14. The predicted octanol–water partition coefficient (Wildman–Crippen LogP) is 14.1. The van der Waals surface area contributed by atoms with Crippen LogP contribution in [0.1, 0.15) is 25.0 Å². The fraction of sp³-hybridized carbons (Fsp3) is 0.0566. The van der Waals surface area contributed by atoms with Crippen LogP contribution in [0.4, 0.5) is 0 Å². The molecule has 10 aromatic rings. The second kappa shape index (κ2) is 12.1. The molecule has 0 radical (unpaired) electrons. The molecular formula is C53H36N2. The van der Waals surface area contributed by atoms with Crippen LogP contribution in [0, 0.1) is 0 Å². The summed E-state index contributed by atoms with van der Waals surface area (Å²) < 4.78 is 0. The molecule has 11 rings (SSSR count). The van der Waals surface area contributed by atoms with Gasteiger partial charge in [-0.05, 0) is 107 Å². The molecule has 2 nitrogen and oxygen atoms in total. The maximum absolute atomic E-state index is 5.24. The smallest absolute Gasteiger partial charge is 0.160 e. The molecule has 2 heteroatoms. The fourth-order valence-electron chi connectivity index (χ4n) is 9.09. The molecular weight excluding hydrogens is 665 g/mol. The largest absolute Gasteiger partial charge is 0.228 e. The van der Waals surface area contributed by atoms with Crippen LogP contribution in [0.2, 0.25) is 0 Å². The Kier molecular flexibility index (Phi) is 6.93. The highest BCUT2D eigenvalue weighted by Gasteiger charge is 2.37. The van der Waals surface area contributed by atoms with Crippen molar-refractivity contribution in [2.45, 2.75) is 19.3 Å². The first-order valence-corrected chi connectivity index (χ1v) is 19.1. The Hall–Kier alpha value is -6.90. The molecule has 1 heterocycles. The molecule has 0 saturated heterocycles. The lowest BCUT2D eigenvalue weighted by Gasteiger charge is -2.22. The zero-order chi connectivity index (χ0) is 36.7. The van der Waals surface area contributed by atoms with Crippen molar-refractivity contribution in [3.63, 3.8) is 0 Å². The van der Waals surface area contributed by atoms with Gasteiger partial charge in [0.25, 0.3) is 0 Å². The zero-order valence-corrected chi connectivity index (χ0v) is 30.7. The van der Waals surface area contributed by atoms with E-state index < -0.39 is 0 Å². The second-order valence-corrected chi connectivity index (χ2v) is 15.4. The number of rotatable bonds is 4. The molecule has 0 saturated carbocycles. The summed E-state index contributed by atoms with van der Waals surface area (Å²) in [7, 11) is 0. The van der Waals surface area contributed by atoms with E-state index in [4.69, 9.17) is 9.97 Å². The molecule has 0 fully saturated rings. The molecule has 0 N–H and O–H groups in total. The van der Waals surface area contributed by atoms with Crippen LogP contribution < -0.4 is 0 Å². The Morgan fingerprint density at radius 1 is 0.345 bits per heavy atom. The van der Waals surface area contributed by atoms with Crippen molar-refractivity contribution in [2.24, 2.45) is 0 Å². The van der Waals surface area contributed by atoms with Crippen molar-refractivity contribution < 1.29 is 0 Å². The van der Waals surface area contributed by atoms with Crippen molar-refractivity contribution >= 4 is 43.1 Å². The van der Waals surface area contributed by atoms with Gasteiger partial charge in [-0.3, -0.25) is 0 Å². The normalized spacial score (nSPS) is 13.1. The van der Waals surface area contributed by atoms with Crippen LogP contribution >= 0.6 is 0 Å². The summed E-state index contributed by atoms with van der Waals surface area (Å²) in [5.74, 6) is 0.713. The number of aromatic nitrogens is 2. The standard InChI is InChI=1S/C53H36N2/c1-53(2)47-25-13-24-39(51(47)46-29-34-16-6-7-17-35(34)31-48(46)53)36-18-12-19-37(28-36)49-32-50(55-52(54-49)33-14-4-3-5-15-33)38-26-27-44-42-22-9-8-20-40(42)41-21-10-11-23-43(41)45(44)30-38/h3-32H,1-2H3. The first-order chi connectivity index (χ1) is 27.0. The molecule has 1 aliphatic carbocycles. The van der Waals surface area contributed by atoms with E-state index >= 15 is 0 Å². The number of hydrogen-bond donors (Lipinski definition) is 0. The third kappa shape index (κ3) is 4.95. The highest BCUT2D eigenvalue weighted by Crippen LogP contribution is 2.53. The van der Waals surface area contributed by atoms with Crippen LogP contribution in [0.15, 0.2) is 182 Å². The van der Waals surface area contributed by atoms with Crippen LogP contribution in [-0.4, -0.2) is 9.97 Å². The van der Waals surface area contributed by atoms with E-state index in [1.165, 1.54) is 76.5 Å². The van der Waals surface area contributed by atoms with Gasteiger partial charge in [0.2, 0.25) is 0 Å². The lowest BCUT2D eigenvalue weighted by atomic mass is 9.81.